The van der Waals surface area contributed by atoms with Crippen molar-refractivity contribution in [2.45, 2.75) is 51.7 Å². The molecule has 0 unspecified atom stereocenters. The second-order valence-electron chi connectivity index (χ2n) is 7.43. The van der Waals surface area contributed by atoms with Crippen LogP contribution in [0.5, 0.6) is 5.75 Å². The Morgan fingerprint density at radius 2 is 1.97 bits per heavy atom. The molecule has 2 aromatic rings. The lowest BCUT2D eigenvalue weighted by molar-refractivity contribution is -0.163. The molecule has 0 bridgehead atoms. The van der Waals surface area contributed by atoms with E-state index in [0.717, 1.165) is 0 Å². The first-order valence-corrected chi connectivity index (χ1v) is 9.07. The summed E-state index contributed by atoms with van der Waals surface area (Å²) in [7, 11) is 0. The van der Waals surface area contributed by atoms with Crippen LogP contribution >= 0.6 is 0 Å². The molecule has 8 heteroatoms. The second kappa shape index (κ2) is 7.70. The summed E-state index contributed by atoms with van der Waals surface area (Å²) in [6.07, 6.45) is 0.560. The number of ether oxygens (including phenoxy) is 2. The van der Waals surface area contributed by atoms with Crippen LogP contribution in [0.4, 0.5) is 0 Å². The molecule has 29 heavy (non-hydrogen) atoms. The Hall–Kier alpha value is -3.15. The first-order chi connectivity index (χ1) is 13.7. The number of carbonyl (C=O) groups is 1. The van der Waals surface area contributed by atoms with Crippen LogP contribution in [0.2, 0.25) is 0 Å². The van der Waals surface area contributed by atoms with Gasteiger partial charge < -0.3 is 24.3 Å². The minimum absolute atomic E-state index is 0.315. The number of benzene rings is 1. The van der Waals surface area contributed by atoms with Gasteiger partial charge in [0.05, 0.1) is 24.8 Å². The van der Waals surface area contributed by atoms with E-state index in [0.29, 0.717) is 28.0 Å². The zero-order valence-corrected chi connectivity index (χ0v) is 16.4. The number of aliphatic hydroxyl groups excluding tert-OH is 2. The molecule has 1 aromatic heterocycles. The number of aliphatic hydroxyl groups is 2. The maximum atomic E-state index is 12.9. The Morgan fingerprint density at radius 3 is 2.55 bits per heavy atom. The molecule has 2 atom stereocenters. The summed E-state index contributed by atoms with van der Waals surface area (Å²) in [5.41, 5.74) is 0.135. The molecule has 8 nitrogen and oxygen atoms in total. The van der Waals surface area contributed by atoms with Gasteiger partial charge in [0.15, 0.2) is 6.10 Å². The van der Waals surface area contributed by atoms with Crippen LogP contribution < -0.4 is 10.3 Å². The average molecular weight is 398 g/mol. The van der Waals surface area contributed by atoms with Gasteiger partial charge in [-0.15, -0.1) is 0 Å². The van der Waals surface area contributed by atoms with Gasteiger partial charge in [0.1, 0.15) is 17.4 Å². The predicted molar refractivity (Wildman–Crippen MR) is 102 cm³/mol. The number of fused-ring (bicyclic) bond motifs is 1. The summed E-state index contributed by atoms with van der Waals surface area (Å²) in [5.74, 6) is -0.0787. The van der Waals surface area contributed by atoms with Crippen molar-refractivity contribution >= 4 is 5.97 Å². The minimum atomic E-state index is -0.980. The van der Waals surface area contributed by atoms with E-state index < -0.39 is 35.9 Å². The highest BCUT2D eigenvalue weighted by Crippen LogP contribution is 2.43. The fourth-order valence-electron chi connectivity index (χ4n) is 3.65. The summed E-state index contributed by atoms with van der Waals surface area (Å²) < 4.78 is 13.0. The molecule has 2 N–H and O–H groups in total. The summed E-state index contributed by atoms with van der Waals surface area (Å²) in [4.78, 5) is 24.7. The van der Waals surface area contributed by atoms with E-state index in [4.69, 9.17) is 9.47 Å². The first kappa shape index (κ1) is 20.6. The minimum Gasteiger partial charge on any atom is -0.484 e. The van der Waals surface area contributed by atoms with Crippen molar-refractivity contribution in [3.8, 4) is 11.8 Å². The third-order valence-corrected chi connectivity index (χ3v) is 5.00. The highest BCUT2D eigenvalue weighted by Gasteiger charge is 2.47. The number of nitriles is 1. The van der Waals surface area contributed by atoms with Gasteiger partial charge in [-0.25, -0.2) is 0 Å². The van der Waals surface area contributed by atoms with Crippen LogP contribution in [0.3, 0.4) is 0 Å². The van der Waals surface area contributed by atoms with Gasteiger partial charge >= 0.3 is 5.97 Å². The largest absolute Gasteiger partial charge is 0.484 e. The number of rotatable bonds is 4. The summed E-state index contributed by atoms with van der Waals surface area (Å²) in [5, 5.41) is 28.5. The lowest BCUT2D eigenvalue weighted by Crippen LogP contribution is -2.54. The third-order valence-electron chi connectivity index (χ3n) is 5.00. The SMILES string of the molecule is CC(=O)O[C@H]1[C@H](n2cc(CO)c(CO)cc2=O)c2cc(C#N)ccc2OC1(C)C. The molecule has 3 rings (SSSR count). The summed E-state index contributed by atoms with van der Waals surface area (Å²) >= 11 is 0. The van der Waals surface area contributed by atoms with Gasteiger partial charge in [-0.05, 0) is 43.2 Å². The number of hydrogen-bond donors (Lipinski definition) is 2. The molecule has 152 valence electrons. The van der Waals surface area contributed by atoms with Gasteiger partial charge in [0.25, 0.3) is 5.56 Å². The van der Waals surface area contributed by atoms with Crippen LogP contribution in [0.15, 0.2) is 35.3 Å². The Kier molecular flexibility index (Phi) is 5.46. The molecule has 1 aromatic carbocycles. The monoisotopic (exact) mass is 398 g/mol. The Balaban J connectivity index is 2.31. The van der Waals surface area contributed by atoms with E-state index in [2.05, 4.69) is 6.07 Å². The molecular weight excluding hydrogens is 376 g/mol. The molecule has 1 aliphatic rings. The highest BCUT2D eigenvalue weighted by atomic mass is 16.6. The van der Waals surface area contributed by atoms with Gasteiger partial charge in [-0.1, -0.05) is 0 Å². The Morgan fingerprint density at radius 1 is 1.28 bits per heavy atom. The van der Waals surface area contributed by atoms with Gasteiger partial charge in [-0.2, -0.15) is 5.26 Å². The molecule has 0 saturated heterocycles. The van der Waals surface area contributed by atoms with Gasteiger partial charge in [0, 0.05) is 24.8 Å². The molecule has 0 aliphatic carbocycles. The Labute approximate surface area is 167 Å². The van der Waals surface area contributed by atoms with E-state index in [1.54, 1.807) is 32.0 Å². The van der Waals surface area contributed by atoms with Gasteiger partial charge in [0.2, 0.25) is 0 Å². The molecule has 2 heterocycles. The number of esters is 1. The summed E-state index contributed by atoms with van der Waals surface area (Å²) in [6, 6.07) is 7.35. The quantitative estimate of drug-likeness (QED) is 0.747. The number of pyridine rings is 1. The molecule has 0 spiro atoms. The van der Waals surface area contributed by atoms with Crippen molar-refractivity contribution in [2.75, 3.05) is 0 Å². The van der Waals surface area contributed by atoms with Crippen LogP contribution in [0.25, 0.3) is 0 Å². The number of aromatic nitrogens is 1. The van der Waals surface area contributed by atoms with Crippen LogP contribution in [0.1, 0.15) is 49.1 Å². The smallest absolute Gasteiger partial charge is 0.303 e. The molecule has 1 aliphatic heterocycles. The number of carbonyl (C=O) groups excluding carboxylic acids is 1. The van der Waals surface area contributed by atoms with Gasteiger partial charge in [-0.3, -0.25) is 9.59 Å². The Bertz CT molecular complexity index is 1050. The van der Waals surface area contributed by atoms with E-state index in [9.17, 15) is 25.1 Å². The van der Waals surface area contributed by atoms with Crippen LogP contribution in [-0.4, -0.2) is 32.5 Å². The van der Waals surface area contributed by atoms with Crippen molar-refractivity contribution < 1.29 is 24.5 Å². The molecular formula is C21H22N2O6. The van der Waals surface area contributed by atoms with Crippen molar-refractivity contribution in [3.63, 3.8) is 0 Å². The maximum Gasteiger partial charge on any atom is 0.303 e. The maximum absolute atomic E-state index is 12.9. The van der Waals surface area contributed by atoms with Crippen molar-refractivity contribution in [2.24, 2.45) is 0 Å². The van der Waals surface area contributed by atoms with E-state index in [-0.39, 0.29) is 6.61 Å². The van der Waals surface area contributed by atoms with Crippen LogP contribution in [0, 0.1) is 11.3 Å². The van der Waals surface area contributed by atoms with Crippen molar-refractivity contribution in [3.05, 3.63) is 63.1 Å². The molecule has 0 radical (unpaired) electrons. The highest BCUT2D eigenvalue weighted by molar-refractivity contribution is 5.66. The topological polar surface area (TPSA) is 122 Å². The first-order valence-electron chi connectivity index (χ1n) is 9.07. The van der Waals surface area contributed by atoms with E-state index >= 15 is 0 Å². The molecule has 0 fully saturated rings. The lowest BCUT2D eigenvalue weighted by atomic mass is 9.85. The second-order valence-corrected chi connectivity index (χ2v) is 7.43. The fourth-order valence-corrected chi connectivity index (χ4v) is 3.65. The van der Waals surface area contributed by atoms with Crippen molar-refractivity contribution in [1.29, 1.82) is 5.26 Å². The molecule has 0 amide bonds. The summed E-state index contributed by atoms with van der Waals surface area (Å²) in [6.45, 7) is 3.98. The fraction of sp³-hybridized carbons (Fsp3) is 0.381. The van der Waals surface area contributed by atoms with Crippen molar-refractivity contribution in [1.82, 2.24) is 4.57 Å². The van der Waals surface area contributed by atoms with E-state index in [1.807, 2.05) is 0 Å². The normalized spacial score (nSPS) is 19.6. The predicted octanol–water partition coefficient (Wildman–Crippen LogP) is 1.40. The molecule has 0 saturated carbocycles. The number of hydrogen-bond acceptors (Lipinski definition) is 7. The zero-order chi connectivity index (χ0) is 21.3. The number of nitrogens with zero attached hydrogens (tertiary/aromatic N) is 2. The van der Waals surface area contributed by atoms with Crippen LogP contribution in [-0.2, 0) is 22.7 Å². The average Bonchev–Trinajstić information content (AvgIpc) is 2.67. The zero-order valence-electron chi connectivity index (χ0n) is 16.4. The standard InChI is InChI=1S/C21H22N2O6/c1-12(26)28-20-19(23-9-15(11-25)14(10-24)7-18(23)27)16-6-13(8-22)4-5-17(16)29-21(20,2)3/h4-7,9,19-20,24-25H,10-11H2,1-3H3/t19-,20+/m1/s1. The third kappa shape index (κ3) is 3.75. The van der Waals surface area contributed by atoms with E-state index in [1.165, 1.54) is 23.8 Å². The lowest BCUT2D eigenvalue weighted by Gasteiger charge is -2.44.